The van der Waals surface area contributed by atoms with Crippen molar-refractivity contribution in [2.45, 2.75) is 30.4 Å². The predicted octanol–water partition coefficient (Wildman–Crippen LogP) is 2.98. The quantitative estimate of drug-likeness (QED) is 0.771. The van der Waals surface area contributed by atoms with E-state index in [1.165, 1.54) is 42.5 Å². The number of hydrogen-bond donors (Lipinski definition) is 2. The summed E-state index contributed by atoms with van der Waals surface area (Å²) in [7, 11) is -3.60. The Morgan fingerprint density at radius 2 is 1.73 bits per heavy atom. The Hall–Kier alpha value is -2.52. The zero-order chi connectivity index (χ0) is 18.7. The van der Waals surface area contributed by atoms with Crippen LogP contribution in [-0.4, -0.2) is 27.0 Å². The first-order valence-corrected chi connectivity index (χ1v) is 9.31. The maximum absolute atomic E-state index is 12.4. The van der Waals surface area contributed by atoms with Gasteiger partial charge >= 0.3 is 6.61 Å². The number of anilines is 1. The van der Waals surface area contributed by atoms with Crippen molar-refractivity contribution in [3.05, 3.63) is 54.1 Å². The Bertz CT molecular complexity index is 897. The van der Waals surface area contributed by atoms with Crippen molar-refractivity contribution in [2.24, 2.45) is 0 Å². The summed E-state index contributed by atoms with van der Waals surface area (Å²) in [6.07, 6.45) is 1.64. The van der Waals surface area contributed by atoms with Gasteiger partial charge in [-0.3, -0.25) is 4.79 Å². The van der Waals surface area contributed by atoms with Gasteiger partial charge < -0.3 is 10.1 Å². The fourth-order valence-corrected chi connectivity index (χ4v) is 3.54. The van der Waals surface area contributed by atoms with Crippen LogP contribution in [0.15, 0.2) is 53.4 Å². The minimum Gasteiger partial charge on any atom is -0.433 e. The molecule has 1 aliphatic rings. The maximum Gasteiger partial charge on any atom is 0.387 e. The van der Waals surface area contributed by atoms with E-state index in [0.717, 1.165) is 12.8 Å². The van der Waals surface area contributed by atoms with Crippen LogP contribution in [0.25, 0.3) is 0 Å². The van der Waals surface area contributed by atoms with Crippen LogP contribution >= 0.6 is 0 Å². The highest BCUT2D eigenvalue weighted by Gasteiger charge is 2.28. The molecule has 26 heavy (non-hydrogen) atoms. The second-order valence-electron chi connectivity index (χ2n) is 5.75. The van der Waals surface area contributed by atoms with Crippen molar-refractivity contribution in [1.82, 2.24) is 4.72 Å². The number of sulfonamides is 1. The zero-order valence-electron chi connectivity index (χ0n) is 13.5. The molecule has 0 heterocycles. The van der Waals surface area contributed by atoms with E-state index in [9.17, 15) is 22.0 Å². The number of para-hydroxylation sites is 2. The van der Waals surface area contributed by atoms with Crippen LogP contribution in [-0.2, 0) is 10.0 Å². The van der Waals surface area contributed by atoms with Gasteiger partial charge in [0.25, 0.3) is 5.91 Å². The van der Waals surface area contributed by atoms with Crippen molar-refractivity contribution in [2.75, 3.05) is 5.32 Å². The lowest BCUT2D eigenvalue weighted by Gasteiger charge is -2.12. The van der Waals surface area contributed by atoms with Crippen LogP contribution in [0, 0.1) is 0 Å². The molecule has 2 aromatic rings. The smallest absolute Gasteiger partial charge is 0.387 e. The van der Waals surface area contributed by atoms with E-state index in [1.807, 2.05) is 0 Å². The predicted molar refractivity (Wildman–Crippen MR) is 90.8 cm³/mol. The lowest BCUT2D eigenvalue weighted by Crippen LogP contribution is -2.25. The van der Waals surface area contributed by atoms with E-state index in [2.05, 4.69) is 14.8 Å². The molecule has 1 saturated carbocycles. The van der Waals surface area contributed by atoms with E-state index in [4.69, 9.17) is 0 Å². The lowest BCUT2D eigenvalue weighted by atomic mass is 10.2. The third-order valence-electron chi connectivity index (χ3n) is 3.68. The van der Waals surface area contributed by atoms with Crippen molar-refractivity contribution >= 4 is 21.6 Å². The van der Waals surface area contributed by atoms with Crippen LogP contribution in [0.5, 0.6) is 5.75 Å². The molecular formula is C17H16F2N2O4S. The fraction of sp³-hybridized carbons (Fsp3) is 0.235. The Morgan fingerprint density at radius 3 is 2.35 bits per heavy atom. The van der Waals surface area contributed by atoms with Gasteiger partial charge in [0.15, 0.2) is 0 Å². The topological polar surface area (TPSA) is 84.5 Å². The summed E-state index contributed by atoms with van der Waals surface area (Å²) in [5, 5.41) is 2.47. The number of carbonyl (C=O) groups excluding carboxylic acids is 1. The highest BCUT2D eigenvalue weighted by Crippen LogP contribution is 2.26. The molecular weight excluding hydrogens is 366 g/mol. The SMILES string of the molecule is O=C(Nc1ccccc1OC(F)F)c1ccc(S(=O)(=O)NC2CC2)cc1. The van der Waals surface area contributed by atoms with E-state index in [1.54, 1.807) is 6.07 Å². The summed E-state index contributed by atoms with van der Waals surface area (Å²) in [5.74, 6) is -0.738. The largest absolute Gasteiger partial charge is 0.433 e. The molecule has 0 bridgehead atoms. The minimum atomic E-state index is -3.60. The third-order valence-corrected chi connectivity index (χ3v) is 5.21. The average molecular weight is 382 g/mol. The summed E-state index contributed by atoms with van der Waals surface area (Å²) in [6, 6.07) is 11.1. The highest BCUT2D eigenvalue weighted by molar-refractivity contribution is 7.89. The van der Waals surface area contributed by atoms with Crippen molar-refractivity contribution < 1.29 is 26.7 Å². The number of hydrogen-bond acceptors (Lipinski definition) is 4. The number of rotatable bonds is 7. The number of halogens is 2. The standard InChI is InChI=1S/C17H16F2N2O4S/c18-17(19)25-15-4-2-1-3-14(15)20-16(22)11-5-9-13(10-6-11)26(23,24)21-12-7-8-12/h1-6,9-10,12,17,21H,7-8H2,(H,20,22). The number of amides is 1. The zero-order valence-corrected chi connectivity index (χ0v) is 14.3. The molecule has 3 rings (SSSR count). The molecule has 2 N–H and O–H groups in total. The van der Waals surface area contributed by atoms with Crippen LogP contribution in [0.2, 0.25) is 0 Å². The molecule has 1 amide bonds. The number of carbonyl (C=O) groups is 1. The molecule has 1 fully saturated rings. The van der Waals surface area contributed by atoms with Gasteiger partial charge in [0, 0.05) is 11.6 Å². The Morgan fingerprint density at radius 1 is 1.08 bits per heavy atom. The molecule has 0 aromatic heterocycles. The van der Waals surface area contributed by atoms with E-state index >= 15 is 0 Å². The van der Waals surface area contributed by atoms with Crippen LogP contribution < -0.4 is 14.8 Å². The second kappa shape index (κ2) is 7.38. The molecule has 0 radical (unpaired) electrons. The molecule has 138 valence electrons. The summed E-state index contributed by atoms with van der Waals surface area (Å²) in [4.78, 5) is 12.3. The summed E-state index contributed by atoms with van der Waals surface area (Å²) in [6.45, 7) is -3.02. The highest BCUT2D eigenvalue weighted by atomic mass is 32.2. The van der Waals surface area contributed by atoms with E-state index < -0.39 is 22.5 Å². The van der Waals surface area contributed by atoms with Gasteiger partial charge in [-0.15, -0.1) is 0 Å². The van der Waals surface area contributed by atoms with Gasteiger partial charge in [0.1, 0.15) is 5.75 Å². The van der Waals surface area contributed by atoms with Crippen molar-refractivity contribution in [3.8, 4) is 5.75 Å². The molecule has 0 spiro atoms. The van der Waals surface area contributed by atoms with Gasteiger partial charge in [0.05, 0.1) is 10.6 Å². The lowest BCUT2D eigenvalue weighted by molar-refractivity contribution is -0.0493. The average Bonchev–Trinajstić information content (AvgIpc) is 3.39. The number of alkyl halides is 2. The number of benzene rings is 2. The van der Waals surface area contributed by atoms with Crippen molar-refractivity contribution in [3.63, 3.8) is 0 Å². The van der Waals surface area contributed by atoms with Crippen molar-refractivity contribution in [1.29, 1.82) is 0 Å². The number of ether oxygens (including phenoxy) is 1. The second-order valence-corrected chi connectivity index (χ2v) is 7.46. The number of nitrogens with one attached hydrogen (secondary N) is 2. The van der Waals surface area contributed by atoms with Gasteiger partial charge in [-0.1, -0.05) is 12.1 Å². The first-order valence-electron chi connectivity index (χ1n) is 7.83. The molecule has 2 aromatic carbocycles. The van der Waals surface area contributed by atoms with E-state index in [0.29, 0.717) is 0 Å². The molecule has 1 aliphatic carbocycles. The molecule has 6 nitrogen and oxygen atoms in total. The van der Waals surface area contributed by atoms with Gasteiger partial charge in [-0.05, 0) is 49.2 Å². The normalized spacial score (nSPS) is 14.3. The Balaban J connectivity index is 1.73. The van der Waals surface area contributed by atoms with Gasteiger partial charge in [-0.25, -0.2) is 13.1 Å². The minimum absolute atomic E-state index is 0.0192. The Kier molecular flexibility index (Phi) is 5.19. The molecule has 0 saturated heterocycles. The molecule has 0 unspecified atom stereocenters. The summed E-state index contributed by atoms with van der Waals surface area (Å²) in [5.41, 5.74) is 0.270. The molecule has 0 atom stereocenters. The molecule has 9 heteroatoms. The Labute approximate surface area is 149 Å². The van der Waals surface area contributed by atoms with Crippen LogP contribution in [0.3, 0.4) is 0 Å². The van der Waals surface area contributed by atoms with E-state index in [-0.39, 0.29) is 27.9 Å². The van der Waals surface area contributed by atoms with Gasteiger partial charge in [-0.2, -0.15) is 8.78 Å². The van der Waals surface area contributed by atoms with Crippen LogP contribution in [0.1, 0.15) is 23.2 Å². The van der Waals surface area contributed by atoms with Crippen LogP contribution in [0.4, 0.5) is 14.5 Å². The fourth-order valence-electron chi connectivity index (χ4n) is 2.24. The summed E-state index contributed by atoms with van der Waals surface area (Å²) >= 11 is 0. The maximum atomic E-state index is 12.4. The molecule has 0 aliphatic heterocycles. The monoisotopic (exact) mass is 382 g/mol. The first kappa shape index (κ1) is 18.3. The summed E-state index contributed by atoms with van der Waals surface area (Å²) < 4.78 is 55.9. The third kappa shape index (κ3) is 4.55. The van der Waals surface area contributed by atoms with Gasteiger partial charge in [0.2, 0.25) is 10.0 Å². The first-order chi connectivity index (χ1) is 12.3.